The quantitative estimate of drug-likeness (QED) is 0.325. The molecule has 1 aliphatic rings. The molecule has 1 aromatic carbocycles. The SMILES string of the molecule is CC(C)=CCCC(C)=CCCC(C)=CCOCc1ccc2c(c1)OC=CCO2. The molecule has 0 spiro atoms. The molecule has 1 aromatic rings. The van der Waals surface area contributed by atoms with E-state index in [4.69, 9.17) is 14.2 Å². The van der Waals surface area contributed by atoms with E-state index in [1.54, 1.807) is 6.26 Å². The standard InChI is InChI=1S/C25H34O3/c1-20(2)8-5-9-21(3)10-6-11-22(4)14-17-26-19-23-12-13-24-25(18-23)28-16-7-15-27-24/h7-8,10,12-14,16,18H,5-6,9,11,15,17,19H2,1-4H3. The molecule has 2 rings (SSSR count). The summed E-state index contributed by atoms with van der Waals surface area (Å²) in [5.74, 6) is 1.52. The van der Waals surface area contributed by atoms with Crippen LogP contribution in [0.2, 0.25) is 0 Å². The van der Waals surface area contributed by atoms with E-state index < -0.39 is 0 Å². The first-order valence-corrected chi connectivity index (χ1v) is 10.1. The van der Waals surface area contributed by atoms with Crippen LogP contribution in [0.3, 0.4) is 0 Å². The van der Waals surface area contributed by atoms with E-state index in [2.05, 4.69) is 45.9 Å². The van der Waals surface area contributed by atoms with E-state index in [1.807, 2.05) is 24.3 Å². The van der Waals surface area contributed by atoms with Gasteiger partial charge in [-0.1, -0.05) is 41.0 Å². The fraction of sp³-hybridized carbons (Fsp3) is 0.440. The average molecular weight is 383 g/mol. The first-order chi connectivity index (χ1) is 13.5. The molecule has 0 amide bonds. The van der Waals surface area contributed by atoms with Crippen LogP contribution in [0.25, 0.3) is 0 Å². The fourth-order valence-electron chi connectivity index (χ4n) is 2.87. The molecular weight excluding hydrogens is 348 g/mol. The molecule has 1 aliphatic heterocycles. The third-order valence-corrected chi connectivity index (χ3v) is 4.58. The van der Waals surface area contributed by atoms with Gasteiger partial charge in [0.25, 0.3) is 0 Å². The minimum atomic E-state index is 0.539. The highest BCUT2D eigenvalue weighted by atomic mass is 16.5. The van der Waals surface area contributed by atoms with Gasteiger partial charge < -0.3 is 14.2 Å². The van der Waals surface area contributed by atoms with Crippen LogP contribution in [0, 0.1) is 0 Å². The van der Waals surface area contributed by atoms with Crippen molar-refractivity contribution in [1.29, 1.82) is 0 Å². The molecule has 0 radical (unpaired) electrons. The molecule has 28 heavy (non-hydrogen) atoms. The summed E-state index contributed by atoms with van der Waals surface area (Å²) in [6, 6.07) is 5.94. The maximum atomic E-state index is 5.80. The van der Waals surface area contributed by atoms with Gasteiger partial charge in [0, 0.05) is 0 Å². The first kappa shape index (κ1) is 22.0. The molecule has 0 saturated heterocycles. The third kappa shape index (κ3) is 8.62. The Balaban J connectivity index is 1.67. The number of hydrogen-bond donors (Lipinski definition) is 0. The molecular formula is C25H34O3. The number of allylic oxidation sites excluding steroid dienone is 5. The zero-order valence-corrected chi connectivity index (χ0v) is 17.8. The predicted molar refractivity (Wildman–Crippen MR) is 117 cm³/mol. The van der Waals surface area contributed by atoms with E-state index in [9.17, 15) is 0 Å². The lowest BCUT2D eigenvalue weighted by Gasteiger charge is -2.09. The Kier molecular flexibility index (Phi) is 9.64. The highest BCUT2D eigenvalue weighted by molar-refractivity contribution is 5.44. The fourth-order valence-corrected chi connectivity index (χ4v) is 2.87. The van der Waals surface area contributed by atoms with Gasteiger partial charge in [-0.25, -0.2) is 0 Å². The lowest BCUT2D eigenvalue weighted by molar-refractivity contribution is 0.148. The summed E-state index contributed by atoms with van der Waals surface area (Å²) in [7, 11) is 0. The minimum absolute atomic E-state index is 0.539. The molecule has 0 atom stereocenters. The van der Waals surface area contributed by atoms with E-state index in [0.29, 0.717) is 19.8 Å². The average Bonchev–Trinajstić information content (AvgIpc) is 2.90. The van der Waals surface area contributed by atoms with E-state index in [1.165, 1.54) is 16.7 Å². The van der Waals surface area contributed by atoms with Crippen LogP contribution in [0.15, 0.2) is 65.5 Å². The molecule has 0 unspecified atom stereocenters. The molecule has 0 bridgehead atoms. The Morgan fingerprint density at radius 3 is 2.50 bits per heavy atom. The summed E-state index contributed by atoms with van der Waals surface area (Å²) in [5, 5.41) is 0. The number of rotatable bonds is 10. The van der Waals surface area contributed by atoms with Crippen molar-refractivity contribution in [2.75, 3.05) is 13.2 Å². The van der Waals surface area contributed by atoms with Gasteiger partial charge in [-0.05, 0) is 77.2 Å². The Labute approximate surface area is 170 Å². The van der Waals surface area contributed by atoms with Crippen LogP contribution in [0.5, 0.6) is 11.5 Å². The lowest BCUT2D eigenvalue weighted by atomic mass is 10.1. The highest BCUT2D eigenvalue weighted by Crippen LogP contribution is 2.30. The summed E-state index contributed by atoms with van der Waals surface area (Å²) >= 11 is 0. The third-order valence-electron chi connectivity index (χ3n) is 4.58. The second kappa shape index (κ2) is 12.2. The molecule has 0 aromatic heterocycles. The molecule has 152 valence electrons. The summed E-state index contributed by atoms with van der Waals surface area (Å²) in [4.78, 5) is 0. The largest absolute Gasteiger partial charge is 0.485 e. The Morgan fingerprint density at radius 1 is 0.964 bits per heavy atom. The van der Waals surface area contributed by atoms with Gasteiger partial charge in [-0.3, -0.25) is 0 Å². The van der Waals surface area contributed by atoms with Crippen LogP contribution in [-0.4, -0.2) is 13.2 Å². The normalized spacial score (nSPS) is 14.0. The minimum Gasteiger partial charge on any atom is -0.485 e. The van der Waals surface area contributed by atoms with Crippen molar-refractivity contribution in [2.45, 2.75) is 60.0 Å². The Bertz CT molecular complexity index is 734. The van der Waals surface area contributed by atoms with Crippen molar-refractivity contribution in [3.8, 4) is 11.5 Å². The number of ether oxygens (including phenoxy) is 3. The van der Waals surface area contributed by atoms with Crippen LogP contribution in [0.1, 0.15) is 58.9 Å². The monoisotopic (exact) mass is 382 g/mol. The first-order valence-electron chi connectivity index (χ1n) is 10.1. The molecule has 0 N–H and O–H groups in total. The zero-order chi connectivity index (χ0) is 20.2. The van der Waals surface area contributed by atoms with Crippen LogP contribution >= 0.6 is 0 Å². The Hall–Kier alpha value is -2.26. The summed E-state index contributed by atoms with van der Waals surface area (Å²) in [6.07, 6.45) is 14.8. The topological polar surface area (TPSA) is 27.7 Å². The second-order valence-electron chi connectivity index (χ2n) is 7.56. The molecule has 0 aliphatic carbocycles. The Morgan fingerprint density at radius 2 is 1.71 bits per heavy atom. The smallest absolute Gasteiger partial charge is 0.168 e. The maximum Gasteiger partial charge on any atom is 0.168 e. The predicted octanol–water partition coefficient (Wildman–Crippen LogP) is 6.91. The van der Waals surface area contributed by atoms with Gasteiger partial charge in [-0.2, -0.15) is 0 Å². The van der Waals surface area contributed by atoms with Crippen molar-refractivity contribution in [2.24, 2.45) is 0 Å². The highest BCUT2D eigenvalue weighted by Gasteiger charge is 2.08. The summed E-state index contributed by atoms with van der Waals surface area (Å²) in [5.41, 5.74) is 5.33. The maximum absolute atomic E-state index is 5.80. The zero-order valence-electron chi connectivity index (χ0n) is 17.8. The molecule has 0 fully saturated rings. The number of fused-ring (bicyclic) bond motifs is 1. The van der Waals surface area contributed by atoms with Gasteiger partial charge in [0.1, 0.15) is 6.61 Å². The molecule has 1 heterocycles. The molecule has 0 saturated carbocycles. The van der Waals surface area contributed by atoms with Crippen LogP contribution in [-0.2, 0) is 11.3 Å². The van der Waals surface area contributed by atoms with E-state index in [0.717, 1.165) is 42.7 Å². The van der Waals surface area contributed by atoms with Crippen LogP contribution < -0.4 is 9.47 Å². The van der Waals surface area contributed by atoms with Crippen molar-refractivity contribution < 1.29 is 14.2 Å². The number of hydrogen-bond acceptors (Lipinski definition) is 3. The van der Waals surface area contributed by atoms with Gasteiger partial charge in [0.05, 0.1) is 19.5 Å². The molecule has 3 nitrogen and oxygen atoms in total. The van der Waals surface area contributed by atoms with Crippen molar-refractivity contribution in [1.82, 2.24) is 0 Å². The number of benzene rings is 1. The van der Waals surface area contributed by atoms with Crippen molar-refractivity contribution in [3.05, 3.63) is 71.0 Å². The van der Waals surface area contributed by atoms with Crippen LogP contribution in [0.4, 0.5) is 0 Å². The van der Waals surface area contributed by atoms with Gasteiger partial charge in [0.2, 0.25) is 0 Å². The van der Waals surface area contributed by atoms with Crippen molar-refractivity contribution in [3.63, 3.8) is 0 Å². The van der Waals surface area contributed by atoms with Gasteiger partial charge in [-0.15, -0.1) is 0 Å². The van der Waals surface area contributed by atoms with Gasteiger partial charge >= 0.3 is 0 Å². The van der Waals surface area contributed by atoms with Gasteiger partial charge in [0.15, 0.2) is 11.5 Å². The second-order valence-corrected chi connectivity index (χ2v) is 7.56. The van der Waals surface area contributed by atoms with E-state index in [-0.39, 0.29) is 0 Å². The van der Waals surface area contributed by atoms with Crippen molar-refractivity contribution >= 4 is 0 Å². The lowest BCUT2D eigenvalue weighted by Crippen LogP contribution is -1.96. The molecule has 3 heteroatoms. The summed E-state index contributed by atoms with van der Waals surface area (Å²) < 4.78 is 16.9. The summed E-state index contributed by atoms with van der Waals surface area (Å²) in [6.45, 7) is 10.4. The van der Waals surface area contributed by atoms with E-state index >= 15 is 0 Å².